The average Bonchev–Trinajstić information content (AvgIpc) is 3.17. The summed E-state index contributed by atoms with van der Waals surface area (Å²) in [5.41, 5.74) is 1.75. The second-order valence-electron chi connectivity index (χ2n) is 6.71. The summed E-state index contributed by atoms with van der Waals surface area (Å²) in [5, 5.41) is 3.52. The topological polar surface area (TPSA) is 43.0 Å². The molecule has 0 aliphatic carbocycles. The molecule has 22 heavy (non-hydrogen) atoms. The van der Waals surface area contributed by atoms with Gasteiger partial charge in [-0.15, -0.1) is 0 Å². The Balaban J connectivity index is 1.51. The second kappa shape index (κ2) is 5.63. The highest BCUT2D eigenvalue weighted by atomic mass is 16.6. The zero-order valence-electron chi connectivity index (χ0n) is 13.2. The van der Waals surface area contributed by atoms with E-state index in [1.807, 2.05) is 0 Å². The molecule has 0 bridgehead atoms. The molecule has 3 heterocycles. The number of nitrogens with zero attached hydrogens (tertiary/aromatic N) is 1. The van der Waals surface area contributed by atoms with Crippen LogP contribution in [0.25, 0.3) is 0 Å². The van der Waals surface area contributed by atoms with Crippen molar-refractivity contribution in [3.05, 3.63) is 17.7 Å². The van der Waals surface area contributed by atoms with Crippen LogP contribution in [0.5, 0.6) is 17.2 Å². The largest absolute Gasteiger partial charge is 0.493 e. The lowest BCUT2D eigenvalue weighted by Crippen LogP contribution is -2.29. The number of likely N-dealkylation sites (tertiary alicyclic amines) is 1. The van der Waals surface area contributed by atoms with Crippen molar-refractivity contribution in [2.24, 2.45) is 5.41 Å². The van der Waals surface area contributed by atoms with Gasteiger partial charge < -0.3 is 19.5 Å². The molecule has 0 radical (unpaired) electrons. The zero-order chi connectivity index (χ0) is 15.0. The predicted octanol–water partition coefficient (Wildman–Crippen LogP) is 1.65. The third kappa shape index (κ3) is 2.52. The van der Waals surface area contributed by atoms with E-state index in [0.29, 0.717) is 18.6 Å². The molecule has 1 spiro atoms. The third-order valence-corrected chi connectivity index (χ3v) is 5.14. The van der Waals surface area contributed by atoms with Crippen LogP contribution in [0.15, 0.2) is 12.1 Å². The van der Waals surface area contributed by atoms with Gasteiger partial charge in [-0.25, -0.2) is 0 Å². The summed E-state index contributed by atoms with van der Waals surface area (Å²) in [7, 11) is 1.69. The maximum Gasteiger partial charge on any atom is 0.203 e. The normalized spacial score (nSPS) is 27.5. The van der Waals surface area contributed by atoms with E-state index in [4.69, 9.17) is 14.2 Å². The first-order chi connectivity index (χ1) is 10.8. The van der Waals surface area contributed by atoms with Crippen LogP contribution < -0.4 is 19.5 Å². The Morgan fingerprint density at radius 3 is 3.00 bits per heavy atom. The molecule has 0 aromatic heterocycles. The van der Waals surface area contributed by atoms with Gasteiger partial charge in [0.25, 0.3) is 0 Å². The van der Waals surface area contributed by atoms with E-state index < -0.39 is 0 Å². The summed E-state index contributed by atoms with van der Waals surface area (Å²) in [6.45, 7) is 6.87. The van der Waals surface area contributed by atoms with Crippen molar-refractivity contribution in [1.82, 2.24) is 10.2 Å². The van der Waals surface area contributed by atoms with Crippen molar-refractivity contribution >= 4 is 0 Å². The minimum atomic E-state index is 0.512. The van der Waals surface area contributed by atoms with Crippen LogP contribution in [0.2, 0.25) is 0 Å². The number of fused-ring (bicyclic) bond motifs is 1. The molecule has 4 rings (SSSR count). The molecule has 3 aliphatic rings. The van der Waals surface area contributed by atoms with E-state index >= 15 is 0 Å². The summed E-state index contributed by atoms with van der Waals surface area (Å²) in [5.74, 6) is 2.34. The Morgan fingerprint density at radius 1 is 1.27 bits per heavy atom. The molecule has 1 aromatic rings. The molecule has 0 amide bonds. The third-order valence-electron chi connectivity index (χ3n) is 5.14. The van der Waals surface area contributed by atoms with Crippen molar-refractivity contribution in [2.75, 3.05) is 46.5 Å². The fourth-order valence-corrected chi connectivity index (χ4v) is 3.98. The molecule has 1 atom stereocenters. The zero-order valence-corrected chi connectivity index (χ0v) is 13.2. The van der Waals surface area contributed by atoms with Crippen molar-refractivity contribution in [2.45, 2.75) is 19.4 Å². The van der Waals surface area contributed by atoms with E-state index in [0.717, 1.165) is 23.8 Å². The first kappa shape index (κ1) is 14.2. The van der Waals surface area contributed by atoms with Gasteiger partial charge in [0.2, 0.25) is 5.75 Å². The highest BCUT2D eigenvalue weighted by Crippen LogP contribution is 2.42. The first-order valence-electron chi connectivity index (χ1n) is 8.18. The van der Waals surface area contributed by atoms with Crippen LogP contribution in [0, 0.1) is 5.41 Å². The predicted molar refractivity (Wildman–Crippen MR) is 83.8 cm³/mol. The molecule has 5 heteroatoms. The number of benzene rings is 1. The van der Waals surface area contributed by atoms with Gasteiger partial charge >= 0.3 is 0 Å². The number of methoxy groups -OCH3 is 1. The number of nitrogens with one attached hydrogen (secondary N) is 1. The van der Waals surface area contributed by atoms with Crippen LogP contribution in [-0.2, 0) is 6.54 Å². The maximum absolute atomic E-state index is 5.73. The molecule has 2 fully saturated rings. The quantitative estimate of drug-likeness (QED) is 0.920. The van der Waals surface area contributed by atoms with Gasteiger partial charge in [-0.1, -0.05) is 0 Å². The van der Waals surface area contributed by atoms with Gasteiger partial charge in [0.05, 0.1) is 7.11 Å². The van der Waals surface area contributed by atoms with Crippen molar-refractivity contribution in [3.63, 3.8) is 0 Å². The number of ether oxygens (including phenoxy) is 3. The summed E-state index contributed by atoms with van der Waals surface area (Å²) >= 11 is 0. The molecule has 1 N–H and O–H groups in total. The summed E-state index contributed by atoms with van der Waals surface area (Å²) in [6, 6.07) is 4.19. The highest BCUT2D eigenvalue weighted by Gasteiger charge is 2.40. The molecule has 3 aliphatic heterocycles. The van der Waals surface area contributed by atoms with Gasteiger partial charge in [0.1, 0.15) is 13.2 Å². The standard InChI is InChI=1S/C17H24N2O3/c1-20-14-8-13(9-15-16(14)22-7-6-21-15)10-19-5-3-17(12-19)2-4-18-11-17/h8-9,18H,2-7,10-12H2,1H3. The lowest BCUT2D eigenvalue weighted by Gasteiger charge is -2.24. The molecule has 1 unspecified atom stereocenters. The van der Waals surface area contributed by atoms with E-state index in [1.54, 1.807) is 7.11 Å². The van der Waals surface area contributed by atoms with E-state index in [9.17, 15) is 0 Å². The Kier molecular flexibility index (Phi) is 3.62. The minimum absolute atomic E-state index is 0.512. The van der Waals surface area contributed by atoms with E-state index in [2.05, 4.69) is 22.3 Å². The molecule has 0 saturated carbocycles. The number of hydrogen-bond donors (Lipinski definition) is 1. The van der Waals surface area contributed by atoms with Crippen LogP contribution >= 0.6 is 0 Å². The van der Waals surface area contributed by atoms with E-state index in [1.165, 1.54) is 44.6 Å². The average molecular weight is 304 g/mol. The second-order valence-corrected chi connectivity index (χ2v) is 6.71. The Labute approximate surface area is 131 Å². The van der Waals surface area contributed by atoms with Crippen molar-refractivity contribution < 1.29 is 14.2 Å². The van der Waals surface area contributed by atoms with Crippen LogP contribution in [0.3, 0.4) is 0 Å². The Hall–Kier alpha value is -1.46. The van der Waals surface area contributed by atoms with E-state index in [-0.39, 0.29) is 0 Å². The van der Waals surface area contributed by atoms with Gasteiger partial charge in [0.15, 0.2) is 11.5 Å². The lowest BCUT2D eigenvalue weighted by molar-refractivity contribution is 0.164. The van der Waals surface area contributed by atoms with Gasteiger partial charge in [-0.3, -0.25) is 4.90 Å². The van der Waals surface area contributed by atoms with Gasteiger partial charge in [-0.05, 0) is 49.0 Å². The van der Waals surface area contributed by atoms with Crippen LogP contribution in [0.4, 0.5) is 0 Å². The van der Waals surface area contributed by atoms with Crippen LogP contribution in [-0.4, -0.2) is 51.4 Å². The molecule has 2 saturated heterocycles. The van der Waals surface area contributed by atoms with Gasteiger partial charge in [0, 0.05) is 19.6 Å². The SMILES string of the molecule is COc1cc(CN2CCC3(CCNC3)C2)cc2c1OCCO2. The smallest absolute Gasteiger partial charge is 0.203 e. The molecule has 1 aromatic carbocycles. The molecule has 120 valence electrons. The summed E-state index contributed by atoms with van der Waals surface area (Å²) in [6.07, 6.45) is 2.62. The van der Waals surface area contributed by atoms with Gasteiger partial charge in [-0.2, -0.15) is 0 Å². The minimum Gasteiger partial charge on any atom is -0.493 e. The van der Waals surface area contributed by atoms with Crippen molar-refractivity contribution in [1.29, 1.82) is 0 Å². The Morgan fingerprint density at radius 2 is 2.18 bits per heavy atom. The first-order valence-corrected chi connectivity index (χ1v) is 8.18. The Bertz CT molecular complexity index is 538. The fourth-order valence-electron chi connectivity index (χ4n) is 3.98. The maximum atomic E-state index is 5.73. The van der Waals surface area contributed by atoms with Crippen LogP contribution in [0.1, 0.15) is 18.4 Å². The molecule has 5 nitrogen and oxygen atoms in total. The lowest BCUT2D eigenvalue weighted by atomic mass is 9.86. The van der Waals surface area contributed by atoms with Crippen molar-refractivity contribution in [3.8, 4) is 17.2 Å². The summed E-state index contributed by atoms with van der Waals surface area (Å²) < 4.78 is 16.9. The summed E-state index contributed by atoms with van der Waals surface area (Å²) in [4.78, 5) is 2.55. The molecular weight excluding hydrogens is 280 g/mol. The fraction of sp³-hybridized carbons (Fsp3) is 0.647. The monoisotopic (exact) mass is 304 g/mol. The number of rotatable bonds is 3. The highest BCUT2D eigenvalue weighted by molar-refractivity contribution is 5.54. The number of hydrogen-bond acceptors (Lipinski definition) is 5. The molecular formula is C17H24N2O3.